The number of carboxylic acids is 1. The van der Waals surface area contributed by atoms with Gasteiger partial charge in [-0.25, -0.2) is 9.18 Å². The molecule has 2 aliphatic heterocycles. The van der Waals surface area contributed by atoms with Gasteiger partial charge in [0.25, 0.3) is 5.91 Å². The van der Waals surface area contributed by atoms with E-state index in [1.165, 1.54) is 64.5 Å². The second-order valence-corrected chi connectivity index (χ2v) is 12.0. The number of nitrogens with zero attached hydrogens (tertiary/aromatic N) is 7. The normalized spacial score (nSPS) is 17.7. The number of amides is 2. The Morgan fingerprint density at radius 2 is 1.85 bits per heavy atom. The number of benzene rings is 3. The van der Waals surface area contributed by atoms with E-state index >= 15 is 4.39 Å². The molecular formula is C33H32ClFN8O4. The number of anilines is 2. The maximum atomic E-state index is 15.2. The number of rotatable bonds is 8. The fraction of sp³-hybridized carbons (Fsp3) is 0.273. The number of carbonyl (C=O) groups excluding carboxylic acids is 2. The van der Waals surface area contributed by atoms with Crippen molar-refractivity contribution in [2.75, 3.05) is 43.9 Å². The van der Waals surface area contributed by atoms with Crippen molar-refractivity contribution in [1.29, 1.82) is 0 Å². The van der Waals surface area contributed by atoms with Crippen LogP contribution in [0.4, 0.5) is 15.8 Å². The summed E-state index contributed by atoms with van der Waals surface area (Å²) in [5.41, 5.74) is 3.44. The highest BCUT2D eigenvalue weighted by molar-refractivity contribution is 6.31. The van der Waals surface area contributed by atoms with E-state index in [2.05, 4.69) is 50.8 Å². The van der Waals surface area contributed by atoms with Gasteiger partial charge in [0.2, 0.25) is 5.91 Å². The van der Waals surface area contributed by atoms with Crippen LogP contribution in [-0.4, -0.2) is 92.7 Å². The Kier molecular flexibility index (Phi) is 9.01. The van der Waals surface area contributed by atoms with Gasteiger partial charge in [-0.15, -0.1) is 5.10 Å². The largest absolute Gasteiger partial charge is 0.478 e. The van der Waals surface area contributed by atoms with Gasteiger partial charge in [-0.3, -0.25) is 9.59 Å². The van der Waals surface area contributed by atoms with Gasteiger partial charge < -0.3 is 25.1 Å². The summed E-state index contributed by atoms with van der Waals surface area (Å²) in [6.07, 6.45) is 5.33. The van der Waals surface area contributed by atoms with Crippen LogP contribution in [0.5, 0.6) is 0 Å². The van der Waals surface area contributed by atoms with Gasteiger partial charge >= 0.3 is 5.97 Å². The zero-order chi connectivity index (χ0) is 33.2. The van der Waals surface area contributed by atoms with Crippen LogP contribution in [-0.2, 0) is 16.0 Å². The van der Waals surface area contributed by atoms with Crippen molar-refractivity contribution < 1.29 is 23.9 Å². The molecule has 12 nitrogen and oxygen atoms in total. The van der Waals surface area contributed by atoms with Crippen molar-refractivity contribution in [1.82, 2.24) is 30.0 Å². The summed E-state index contributed by atoms with van der Waals surface area (Å²) in [5, 5.41) is 23.0. The molecule has 1 fully saturated rings. The Morgan fingerprint density at radius 1 is 1.06 bits per heavy atom. The molecule has 14 heteroatoms. The van der Waals surface area contributed by atoms with Crippen LogP contribution in [0.15, 0.2) is 67.0 Å². The van der Waals surface area contributed by atoms with Gasteiger partial charge in [-0.1, -0.05) is 23.7 Å². The molecule has 3 heterocycles. The number of hydrogen-bond donors (Lipinski definition) is 2. The highest BCUT2D eigenvalue weighted by Crippen LogP contribution is 2.38. The van der Waals surface area contributed by atoms with Crippen molar-refractivity contribution in [3.8, 4) is 5.69 Å². The third kappa shape index (κ3) is 6.44. The summed E-state index contributed by atoms with van der Waals surface area (Å²) in [6.45, 7) is 1.94. The summed E-state index contributed by atoms with van der Waals surface area (Å²) in [4.78, 5) is 45.3. The molecule has 1 aromatic heterocycles. The van der Waals surface area contributed by atoms with E-state index in [0.29, 0.717) is 23.7 Å². The standard InChI is InChI=1S/C33H32ClFN8O4/c1-40(2)22-14-16-41(18-22)27-5-3-4-24-23(27)15-17-42(31(24)32(45)37-21-8-6-20(7-9-21)33(46)47)29(44)13-10-25-28(43-19-36-38-39-43)12-11-26(34)30(25)35/h3-13,19,22,31H,14-18H2,1-2H3,(H,37,45)(H,46,47). The third-order valence-electron chi connectivity index (χ3n) is 8.66. The van der Waals surface area contributed by atoms with Gasteiger partial charge in [-0.05, 0) is 97.0 Å². The molecule has 4 aromatic rings. The minimum absolute atomic E-state index is 0.00171. The van der Waals surface area contributed by atoms with Crippen LogP contribution in [0.3, 0.4) is 0 Å². The van der Waals surface area contributed by atoms with E-state index in [0.717, 1.165) is 30.8 Å². The topological polar surface area (TPSA) is 137 Å². The average Bonchev–Trinajstić information content (AvgIpc) is 3.78. The van der Waals surface area contributed by atoms with E-state index < -0.39 is 29.6 Å². The number of tetrazole rings is 1. The lowest BCUT2D eigenvalue weighted by Gasteiger charge is -2.38. The number of carboxylic acid groups (broad SMARTS) is 1. The quantitative estimate of drug-likeness (QED) is 0.269. The number of hydrogen-bond acceptors (Lipinski definition) is 8. The van der Waals surface area contributed by atoms with Crippen LogP contribution in [0, 0.1) is 5.82 Å². The summed E-state index contributed by atoms with van der Waals surface area (Å²) >= 11 is 6.07. The molecule has 2 aliphatic rings. The summed E-state index contributed by atoms with van der Waals surface area (Å²) < 4.78 is 16.5. The van der Waals surface area contributed by atoms with Crippen molar-refractivity contribution in [2.45, 2.75) is 24.9 Å². The number of fused-ring (bicyclic) bond motifs is 1. The molecule has 3 aromatic carbocycles. The molecule has 0 bridgehead atoms. The summed E-state index contributed by atoms with van der Waals surface area (Å²) in [7, 11) is 4.13. The van der Waals surface area contributed by atoms with Gasteiger partial charge in [0.15, 0.2) is 5.82 Å². The number of aromatic nitrogens is 4. The summed E-state index contributed by atoms with van der Waals surface area (Å²) in [5.74, 6) is -2.82. The Balaban J connectivity index is 1.35. The molecule has 0 spiro atoms. The maximum Gasteiger partial charge on any atom is 0.335 e. The molecule has 0 aliphatic carbocycles. The van der Waals surface area contributed by atoms with Crippen LogP contribution in [0.2, 0.25) is 5.02 Å². The predicted octanol–water partition coefficient (Wildman–Crippen LogP) is 4.07. The monoisotopic (exact) mass is 658 g/mol. The minimum Gasteiger partial charge on any atom is -0.478 e. The van der Waals surface area contributed by atoms with Gasteiger partial charge in [-0.2, -0.15) is 4.68 Å². The third-order valence-corrected chi connectivity index (χ3v) is 8.95. The molecule has 2 unspecified atom stereocenters. The Hall–Kier alpha value is -5.14. The first kappa shape index (κ1) is 31.8. The molecule has 242 valence electrons. The molecule has 6 rings (SSSR count). The fourth-order valence-electron chi connectivity index (χ4n) is 6.19. The van der Waals surface area contributed by atoms with E-state index in [1.54, 1.807) is 0 Å². The number of nitrogens with one attached hydrogen (secondary N) is 1. The smallest absolute Gasteiger partial charge is 0.335 e. The molecule has 47 heavy (non-hydrogen) atoms. The van der Waals surface area contributed by atoms with Crippen LogP contribution < -0.4 is 10.2 Å². The predicted molar refractivity (Wildman–Crippen MR) is 174 cm³/mol. The van der Waals surface area contributed by atoms with Crippen molar-refractivity contribution in [2.24, 2.45) is 0 Å². The minimum atomic E-state index is -1.09. The van der Waals surface area contributed by atoms with Gasteiger partial charge in [0.1, 0.15) is 12.4 Å². The maximum absolute atomic E-state index is 15.2. The van der Waals surface area contributed by atoms with Crippen molar-refractivity contribution >= 4 is 46.8 Å². The van der Waals surface area contributed by atoms with E-state index in [-0.39, 0.29) is 28.4 Å². The van der Waals surface area contributed by atoms with E-state index in [4.69, 9.17) is 11.6 Å². The molecule has 2 atom stereocenters. The molecular weight excluding hydrogens is 627 g/mol. The average molecular weight is 659 g/mol. The number of likely N-dealkylation sites (N-methyl/N-ethyl adjacent to an activating group) is 1. The molecule has 0 saturated carbocycles. The zero-order valence-corrected chi connectivity index (χ0v) is 26.4. The fourth-order valence-corrected chi connectivity index (χ4v) is 6.36. The first-order valence-corrected chi connectivity index (χ1v) is 15.4. The van der Waals surface area contributed by atoms with E-state index in [1.807, 2.05) is 12.1 Å². The second-order valence-electron chi connectivity index (χ2n) is 11.6. The Labute approximate surface area is 275 Å². The lowest BCUT2D eigenvalue weighted by atomic mass is 9.90. The number of aromatic carboxylic acids is 1. The van der Waals surface area contributed by atoms with Crippen molar-refractivity contribution in [3.63, 3.8) is 0 Å². The Morgan fingerprint density at radius 3 is 2.53 bits per heavy atom. The van der Waals surface area contributed by atoms with Gasteiger partial charge in [0, 0.05) is 48.7 Å². The Bertz CT molecular complexity index is 1850. The first-order chi connectivity index (χ1) is 22.6. The molecule has 0 radical (unpaired) electrons. The summed E-state index contributed by atoms with van der Waals surface area (Å²) in [6, 6.07) is 13.9. The molecule has 2 amide bonds. The zero-order valence-electron chi connectivity index (χ0n) is 25.7. The lowest BCUT2D eigenvalue weighted by Crippen LogP contribution is -2.45. The van der Waals surface area contributed by atoms with Crippen LogP contribution in [0.1, 0.15) is 39.5 Å². The van der Waals surface area contributed by atoms with Crippen LogP contribution >= 0.6 is 11.6 Å². The molecule has 2 N–H and O–H groups in total. The van der Waals surface area contributed by atoms with Crippen molar-refractivity contribution in [3.05, 3.63) is 100 Å². The highest BCUT2D eigenvalue weighted by atomic mass is 35.5. The van der Waals surface area contributed by atoms with E-state index in [9.17, 15) is 19.5 Å². The van der Waals surface area contributed by atoms with Crippen LogP contribution in [0.25, 0.3) is 11.8 Å². The number of carbonyl (C=O) groups is 3. The SMILES string of the molecule is CN(C)C1CCN(c2cccc3c2CCN(C(=O)C=Cc2c(-n4cnnn4)ccc(Cl)c2F)C3C(=O)Nc2ccc(C(=O)O)cc2)C1. The lowest BCUT2D eigenvalue weighted by molar-refractivity contribution is -0.135. The highest BCUT2D eigenvalue weighted by Gasteiger charge is 2.38. The molecule has 1 saturated heterocycles. The number of halogens is 2. The van der Waals surface area contributed by atoms with Gasteiger partial charge in [0.05, 0.1) is 16.3 Å². The second kappa shape index (κ2) is 13.3. The first-order valence-electron chi connectivity index (χ1n) is 15.0.